The Morgan fingerprint density at radius 3 is 3.10 bits per heavy atom. The first-order valence-corrected chi connectivity index (χ1v) is 7.36. The van der Waals surface area contributed by atoms with E-state index in [1.165, 1.54) is 0 Å². The molecule has 1 amide bonds. The van der Waals surface area contributed by atoms with Gasteiger partial charge >= 0.3 is 0 Å². The quantitative estimate of drug-likeness (QED) is 0.896. The molecule has 1 aromatic rings. The lowest BCUT2D eigenvalue weighted by Gasteiger charge is -2.31. The van der Waals surface area contributed by atoms with Crippen molar-refractivity contribution < 1.29 is 9.90 Å². The third-order valence-electron chi connectivity index (χ3n) is 3.77. The van der Waals surface area contributed by atoms with Gasteiger partial charge < -0.3 is 10.4 Å². The summed E-state index contributed by atoms with van der Waals surface area (Å²) in [6, 6.07) is 5.49. The summed E-state index contributed by atoms with van der Waals surface area (Å²) in [5.41, 5.74) is 1.65. The molecule has 1 heterocycles. The molecule has 2 rings (SSSR count). The molecule has 1 aliphatic heterocycles. The molecule has 1 atom stereocenters. The van der Waals surface area contributed by atoms with E-state index >= 15 is 0 Å². The molecule has 0 saturated carbocycles. The van der Waals surface area contributed by atoms with E-state index in [0.29, 0.717) is 17.5 Å². The number of hydrogen-bond donors (Lipinski definition) is 2. The van der Waals surface area contributed by atoms with E-state index in [2.05, 4.69) is 10.2 Å². The van der Waals surface area contributed by atoms with Crippen LogP contribution in [-0.2, 0) is 4.79 Å². The standard InChI is InChI=1S/C15H21ClN2O2/c1-11-13(16)5-2-6-14(11)17-15(20)9-18-7-3-4-12(8-18)10-19/h2,5-6,12,19H,3-4,7-10H2,1H3,(H,17,20). The van der Waals surface area contributed by atoms with Gasteiger partial charge in [0.05, 0.1) is 6.54 Å². The number of likely N-dealkylation sites (tertiary alicyclic amines) is 1. The second-order valence-corrected chi connectivity index (χ2v) is 5.79. The minimum atomic E-state index is -0.0334. The van der Waals surface area contributed by atoms with Crippen LogP contribution in [-0.4, -0.2) is 42.2 Å². The number of nitrogens with one attached hydrogen (secondary N) is 1. The third-order valence-corrected chi connectivity index (χ3v) is 4.18. The number of amides is 1. The Bertz CT molecular complexity index is 479. The van der Waals surface area contributed by atoms with Gasteiger partial charge in [0.2, 0.25) is 5.91 Å². The van der Waals surface area contributed by atoms with Crippen LogP contribution in [0.2, 0.25) is 5.02 Å². The van der Waals surface area contributed by atoms with Gasteiger partial charge in [0.25, 0.3) is 0 Å². The molecule has 1 fully saturated rings. The van der Waals surface area contributed by atoms with Crippen LogP contribution in [0.15, 0.2) is 18.2 Å². The van der Waals surface area contributed by atoms with Crippen molar-refractivity contribution in [3.8, 4) is 0 Å². The van der Waals surface area contributed by atoms with Crippen molar-refractivity contribution in [3.63, 3.8) is 0 Å². The van der Waals surface area contributed by atoms with Gasteiger partial charge in [-0.15, -0.1) is 0 Å². The third kappa shape index (κ3) is 3.95. The molecule has 0 aliphatic carbocycles. The highest BCUT2D eigenvalue weighted by Crippen LogP contribution is 2.23. The fourth-order valence-electron chi connectivity index (χ4n) is 2.58. The number of piperidine rings is 1. The molecule has 0 bridgehead atoms. The number of hydrogen-bond acceptors (Lipinski definition) is 3. The number of carbonyl (C=O) groups is 1. The zero-order valence-electron chi connectivity index (χ0n) is 11.7. The highest BCUT2D eigenvalue weighted by Gasteiger charge is 2.21. The molecule has 1 aromatic carbocycles. The van der Waals surface area contributed by atoms with Crippen LogP contribution in [0.5, 0.6) is 0 Å². The molecular weight excluding hydrogens is 276 g/mol. The lowest BCUT2D eigenvalue weighted by Crippen LogP contribution is -2.41. The van der Waals surface area contributed by atoms with E-state index < -0.39 is 0 Å². The predicted molar refractivity (Wildman–Crippen MR) is 81.1 cm³/mol. The Hall–Kier alpha value is -1.10. The maximum Gasteiger partial charge on any atom is 0.238 e. The van der Waals surface area contributed by atoms with E-state index in [9.17, 15) is 9.90 Å². The molecule has 0 radical (unpaired) electrons. The van der Waals surface area contributed by atoms with E-state index in [1.54, 1.807) is 0 Å². The summed E-state index contributed by atoms with van der Waals surface area (Å²) in [6.07, 6.45) is 2.08. The number of carbonyl (C=O) groups excluding carboxylic acids is 1. The molecule has 110 valence electrons. The van der Waals surface area contributed by atoms with Crippen molar-refractivity contribution in [2.24, 2.45) is 5.92 Å². The molecule has 1 saturated heterocycles. The molecule has 2 N–H and O–H groups in total. The van der Waals surface area contributed by atoms with Crippen molar-refractivity contribution in [3.05, 3.63) is 28.8 Å². The zero-order chi connectivity index (χ0) is 14.5. The van der Waals surface area contributed by atoms with E-state index in [0.717, 1.165) is 37.2 Å². The molecule has 1 aliphatic rings. The Balaban J connectivity index is 1.90. The van der Waals surface area contributed by atoms with Gasteiger partial charge in [0, 0.05) is 23.9 Å². The van der Waals surface area contributed by atoms with Gasteiger partial charge in [0.1, 0.15) is 0 Å². The van der Waals surface area contributed by atoms with Crippen molar-refractivity contribution in [2.45, 2.75) is 19.8 Å². The van der Waals surface area contributed by atoms with Crippen molar-refractivity contribution in [2.75, 3.05) is 31.6 Å². The topological polar surface area (TPSA) is 52.6 Å². The summed E-state index contributed by atoms with van der Waals surface area (Å²) in [4.78, 5) is 14.2. The van der Waals surface area contributed by atoms with Gasteiger partial charge in [-0.25, -0.2) is 0 Å². The van der Waals surface area contributed by atoms with E-state index in [1.807, 2.05) is 25.1 Å². The molecular formula is C15H21ClN2O2. The summed E-state index contributed by atoms with van der Waals surface area (Å²) in [5.74, 6) is 0.262. The van der Waals surface area contributed by atoms with Crippen LogP contribution < -0.4 is 5.32 Å². The summed E-state index contributed by atoms with van der Waals surface area (Å²) in [5, 5.41) is 12.8. The number of benzene rings is 1. The molecule has 1 unspecified atom stereocenters. The van der Waals surface area contributed by atoms with Crippen LogP contribution in [0.4, 0.5) is 5.69 Å². The van der Waals surface area contributed by atoms with Crippen LogP contribution >= 0.6 is 11.6 Å². The molecule has 5 heteroatoms. The maximum absolute atomic E-state index is 12.1. The lowest BCUT2D eigenvalue weighted by atomic mass is 9.99. The average molecular weight is 297 g/mol. The van der Waals surface area contributed by atoms with E-state index in [4.69, 9.17) is 11.6 Å². The normalized spacial score (nSPS) is 19.9. The van der Waals surface area contributed by atoms with Gasteiger partial charge in [-0.3, -0.25) is 9.69 Å². The van der Waals surface area contributed by atoms with Crippen molar-refractivity contribution in [1.29, 1.82) is 0 Å². The highest BCUT2D eigenvalue weighted by molar-refractivity contribution is 6.31. The summed E-state index contributed by atoms with van der Waals surface area (Å²) >= 11 is 6.04. The first-order valence-electron chi connectivity index (χ1n) is 6.98. The molecule has 20 heavy (non-hydrogen) atoms. The highest BCUT2D eigenvalue weighted by atomic mass is 35.5. The van der Waals surface area contributed by atoms with Gasteiger partial charge in [0.15, 0.2) is 0 Å². The van der Waals surface area contributed by atoms with Crippen LogP contribution in [0.25, 0.3) is 0 Å². The zero-order valence-corrected chi connectivity index (χ0v) is 12.5. The van der Waals surface area contributed by atoms with Crippen molar-refractivity contribution >= 4 is 23.2 Å². The Labute approximate surface area is 124 Å². The SMILES string of the molecule is Cc1c(Cl)cccc1NC(=O)CN1CCCC(CO)C1. The number of nitrogens with zero attached hydrogens (tertiary/aromatic N) is 1. The minimum Gasteiger partial charge on any atom is -0.396 e. The number of aliphatic hydroxyl groups is 1. The molecule has 4 nitrogen and oxygen atoms in total. The number of rotatable bonds is 4. The second-order valence-electron chi connectivity index (χ2n) is 5.39. The minimum absolute atomic E-state index is 0.0334. The van der Waals surface area contributed by atoms with Crippen LogP contribution in [0, 0.1) is 12.8 Å². The van der Waals surface area contributed by atoms with Gasteiger partial charge in [-0.1, -0.05) is 17.7 Å². The Morgan fingerprint density at radius 2 is 2.35 bits per heavy atom. The first kappa shape index (κ1) is 15.3. The number of aliphatic hydroxyl groups excluding tert-OH is 1. The largest absolute Gasteiger partial charge is 0.396 e. The van der Waals surface area contributed by atoms with Crippen LogP contribution in [0.3, 0.4) is 0 Å². The van der Waals surface area contributed by atoms with Gasteiger partial charge in [-0.05, 0) is 49.9 Å². The lowest BCUT2D eigenvalue weighted by molar-refractivity contribution is -0.117. The Kier molecular flexibility index (Phi) is 5.40. The fraction of sp³-hybridized carbons (Fsp3) is 0.533. The number of anilines is 1. The average Bonchev–Trinajstić information content (AvgIpc) is 2.44. The fourth-order valence-corrected chi connectivity index (χ4v) is 2.75. The molecule has 0 spiro atoms. The second kappa shape index (κ2) is 7.07. The monoisotopic (exact) mass is 296 g/mol. The number of halogens is 1. The van der Waals surface area contributed by atoms with Crippen molar-refractivity contribution in [1.82, 2.24) is 4.90 Å². The van der Waals surface area contributed by atoms with Crippen LogP contribution in [0.1, 0.15) is 18.4 Å². The summed E-state index contributed by atoms with van der Waals surface area (Å²) in [7, 11) is 0. The summed E-state index contributed by atoms with van der Waals surface area (Å²) in [6.45, 7) is 4.16. The smallest absolute Gasteiger partial charge is 0.238 e. The maximum atomic E-state index is 12.1. The Morgan fingerprint density at radius 1 is 1.55 bits per heavy atom. The predicted octanol–water partition coefficient (Wildman–Crippen LogP) is 2.29. The first-order chi connectivity index (χ1) is 9.60. The summed E-state index contributed by atoms with van der Waals surface area (Å²) < 4.78 is 0. The molecule has 0 aromatic heterocycles. The van der Waals surface area contributed by atoms with E-state index in [-0.39, 0.29) is 12.5 Å². The van der Waals surface area contributed by atoms with Gasteiger partial charge in [-0.2, -0.15) is 0 Å².